The average Bonchev–Trinajstić information content (AvgIpc) is 3.71. The molecule has 0 aliphatic carbocycles. The number of benzene rings is 4. The number of esters is 5. The zero-order valence-corrected chi connectivity index (χ0v) is 34.0. The molecule has 17 heteroatoms. The molecule has 0 radical (unpaired) electrons. The molecule has 0 fully saturated rings. The van der Waals surface area contributed by atoms with Crippen LogP contribution in [0.4, 0.5) is 5.13 Å². The van der Waals surface area contributed by atoms with Crippen LogP contribution in [0.3, 0.4) is 0 Å². The Labute approximate surface area is 360 Å². The highest BCUT2D eigenvalue weighted by Crippen LogP contribution is 2.28. The van der Waals surface area contributed by atoms with Gasteiger partial charge in [-0.15, -0.1) is 0 Å². The fraction of sp³-hybridized carbons (Fsp3) is 0.178. The van der Waals surface area contributed by atoms with Gasteiger partial charge < -0.3 is 37.9 Å². The van der Waals surface area contributed by atoms with Crippen molar-refractivity contribution in [3.63, 3.8) is 0 Å². The molecule has 320 valence electrons. The summed E-state index contributed by atoms with van der Waals surface area (Å²) in [6.45, 7) is 10.3. The zero-order chi connectivity index (χ0) is 44.1. The van der Waals surface area contributed by atoms with Gasteiger partial charge in [0.15, 0.2) is 6.10 Å². The molecule has 0 spiro atoms. The van der Waals surface area contributed by atoms with Gasteiger partial charge in [0, 0.05) is 30.4 Å². The number of carbonyl (C=O) groups is 5. The van der Waals surface area contributed by atoms with E-state index in [2.05, 4.69) is 35.2 Å². The van der Waals surface area contributed by atoms with Crippen LogP contribution in [0.15, 0.2) is 134 Å². The number of carbonyl (C=O) groups excluding carboxylic acids is 5. The fourth-order valence-electron chi connectivity index (χ4n) is 5.05. The second-order valence-electron chi connectivity index (χ2n) is 12.5. The van der Waals surface area contributed by atoms with E-state index in [0.717, 1.165) is 28.4 Å². The molecule has 0 saturated heterocycles. The highest BCUT2D eigenvalue weighted by Gasteiger charge is 2.17. The van der Waals surface area contributed by atoms with Gasteiger partial charge in [0.1, 0.15) is 29.6 Å². The predicted octanol–water partition coefficient (Wildman–Crippen LogP) is 7.25. The lowest BCUT2D eigenvalue weighted by Crippen LogP contribution is -2.29. The van der Waals surface area contributed by atoms with Crippen LogP contribution < -0.4 is 24.4 Å². The summed E-state index contributed by atoms with van der Waals surface area (Å²) in [6, 6.07) is 24.1. The summed E-state index contributed by atoms with van der Waals surface area (Å²) < 4.78 is 44.2. The van der Waals surface area contributed by atoms with Crippen molar-refractivity contribution in [3.05, 3.63) is 146 Å². The van der Waals surface area contributed by atoms with E-state index >= 15 is 0 Å². The minimum Gasteiger partial charge on any atom is -0.490 e. The summed E-state index contributed by atoms with van der Waals surface area (Å²) in [4.78, 5) is 65.2. The molecule has 1 heterocycles. The summed E-state index contributed by atoms with van der Waals surface area (Å²) in [5.41, 5.74) is 4.36. The van der Waals surface area contributed by atoms with Crippen molar-refractivity contribution in [3.8, 4) is 23.0 Å². The van der Waals surface area contributed by atoms with E-state index in [9.17, 15) is 24.0 Å². The summed E-state index contributed by atoms with van der Waals surface area (Å²) >= 11 is 1.40. The molecule has 0 aliphatic rings. The highest BCUT2D eigenvalue weighted by molar-refractivity contribution is 7.22. The summed E-state index contributed by atoms with van der Waals surface area (Å²) in [6.07, 6.45) is 4.95. The van der Waals surface area contributed by atoms with Crippen LogP contribution in [-0.4, -0.2) is 80.4 Å². The van der Waals surface area contributed by atoms with Crippen LogP contribution in [0.25, 0.3) is 10.2 Å². The first-order chi connectivity index (χ1) is 30.1. The first-order valence-corrected chi connectivity index (χ1v) is 19.6. The number of rotatable bonds is 24. The van der Waals surface area contributed by atoms with E-state index in [1.54, 1.807) is 12.1 Å². The Morgan fingerprint density at radius 1 is 0.694 bits per heavy atom. The Morgan fingerprint density at radius 2 is 1.32 bits per heavy atom. The maximum Gasteiger partial charge on any atom is 0.343 e. The van der Waals surface area contributed by atoms with Gasteiger partial charge in [0.2, 0.25) is 11.9 Å². The van der Waals surface area contributed by atoms with Crippen LogP contribution in [-0.2, 0) is 33.3 Å². The molecule has 0 amide bonds. The maximum absolute atomic E-state index is 13.4. The molecule has 5 rings (SSSR count). The van der Waals surface area contributed by atoms with E-state index < -0.39 is 36.0 Å². The Balaban J connectivity index is 1.22. The Kier molecular flexibility index (Phi) is 17.5. The molecule has 0 aliphatic heterocycles. The Morgan fingerprint density at radius 3 is 2.02 bits per heavy atom. The van der Waals surface area contributed by atoms with Gasteiger partial charge in [-0.05, 0) is 91.7 Å². The third-order valence-electron chi connectivity index (χ3n) is 8.11. The van der Waals surface area contributed by atoms with Crippen LogP contribution in [0.1, 0.15) is 39.1 Å². The summed E-state index contributed by atoms with van der Waals surface area (Å²) in [7, 11) is 0. The number of nitrogens with one attached hydrogen (secondary N) is 1. The Hall–Kier alpha value is -7.63. The summed E-state index contributed by atoms with van der Waals surface area (Å²) in [5.74, 6) is -2.22. The molecule has 16 nitrogen and oxygen atoms in total. The van der Waals surface area contributed by atoms with Crippen LogP contribution in [0, 0.1) is 0 Å². The van der Waals surface area contributed by atoms with E-state index in [0.29, 0.717) is 36.1 Å². The van der Waals surface area contributed by atoms with Gasteiger partial charge in [0.05, 0.1) is 40.8 Å². The number of aromatic nitrogens is 1. The number of nitrogens with zero attached hydrogens (tertiary/aromatic N) is 2. The first kappa shape index (κ1) is 45.5. The normalized spacial score (nSPS) is 11.2. The third kappa shape index (κ3) is 14.6. The number of hydrazone groups is 1. The predicted molar refractivity (Wildman–Crippen MR) is 229 cm³/mol. The van der Waals surface area contributed by atoms with E-state index in [4.69, 9.17) is 37.9 Å². The van der Waals surface area contributed by atoms with Crippen molar-refractivity contribution in [2.24, 2.45) is 5.10 Å². The first-order valence-electron chi connectivity index (χ1n) is 18.8. The van der Waals surface area contributed by atoms with E-state index in [1.165, 1.54) is 72.1 Å². The smallest absolute Gasteiger partial charge is 0.343 e. The number of anilines is 1. The van der Waals surface area contributed by atoms with Crippen molar-refractivity contribution in [2.45, 2.75) is 18.9 Å². The molecule has 5 aromatic rings. The molecule has 62 heavy (non-hydrogen) atoms. The molecule has 1 unspecified atom stereocenters. The second-order valence-corrected chi connectivity index (χ2v) is 13.6. The number of thiazole rings is 1. The molecule has 1 atom stereocenters. The lowest BCUT2D eigenvalue weighted by Gasteiger charge is -2.18. The number of ether oxygens (including phenoxy) is 8. The van der Waals surface area contributed by atoms with Crippen molar-refractivity contribution in [1.29, 1.82) is 0 Å². The Bertz CT molecular complexity index is 2360. The SMILES string of the molecule is C=CC(=O)OCCCCOCC(COc1ccc(C(=O)Oc2ccc(OC(=O)c3ccc(OCOC(=O)C=C)cc3)cc2/C=N/Nc2nc3ccccc3s2)cc1)OC(=O)C=C. The quantitative estimate of drug-likeness (QED) is 0.00951. The molecule has 4 aromatic carbocycles. The van der Waals surface area contributed by atoms with Gasteiger partial charge in [-0.25, -0.2) is 29.0 Å². The molecule has 1 N–H and O–H groups in total. The van der Waals surface area contributed by atoms with Crippen molar-refractivity contribution >= 4 is 62.7 Å². The zero-order valence-electron chi connectivity index (χ0n) is 33.2. The average molecular weight is 864 g/mol. The van der Waals surface area contributed by atoms with Crippen molar-refractivity contribution < 1.29 is 61.9 Å². The minimum atomic E-state index is -0.766. The molecule has 0 saturated carbocycles. The summed E-state index contributed by atoms with van der Waals surface area (Å²) in [5, 5.41) is 4.82. The number of unbranched alkanes of at least 4 members (excludes halogenated alkanes) is 1. The largest absolute Gasteiger partial charge is 0.490 e. The standard InChI is InChI=1S/C45H41N3O13S/c1-4-40(49)55-24-10-9-23-54-27-36(59-42(51)6-3)28-56-33-17-13-31(14-18-33)44(53)61-38-22-21-35(25-32(38)26-46-48-45-47-37-11-7-8-12-39(37)62-45)60-43(52)30-15-19-34(20-16-30)57-29-58-41(50)5-2/h4-8,11-22,25-26,36H,1-3,9-10,23-24,27-29H2,(H,47,48)/b46-26+. The highest BCUT2D eigenvalue weighted by atomic mass is 32.1. The monoisotopic (exact) mass is 863 g/mol. The maximum atomic E-state index is 13.4. The van der Waals surface area contributed by atoms with Gasteiger partial charge >= 0.3 is 29.8 Å². The van der Waals surface area contributed by atoms with E-state index in [1.807, 2.05) is 24.3 Å². The second kappa shape index (κ2) is 23.8. The molecule has 1 aromatic heterocycles. The van der Waals surface area contributed by atoms with Crippen molar-refractivity contribution in [1.82, 2.24) is 4.98 Å². The van der Waals surface area contributed by atoms with Crippen LogP contribution in [0.5, 0.6) is 23.0 Å². The fourth-order valence-corrected chi connectivity index (χ4v) is 5.86. The number of fused-ring (bicyclic) bond motifs is 1. The van der Waals surface area contributed by atoms with Gasteiger partial charge in [-0.2, -0.15) is 5.10 Å². The minimum absolute atomic E-state index is 0.0384. The molecule has 0 bridgehead atoms. The van der Waals surface area contributed by atoms with Crippen molar-refractivity contribution in [2.75, 3.05) is 38.6 Å². The van der Waals surface area contributed by atoms with Crippen LogP contribution in [0.2, 0.25) is 0 Å². The lowest BCUT2D eigenvalue weighted by molar-refractivity contribution is -0.148. The number of hydrogen-bond acceptors (Lipinski definition) is 17. The topological polar surface area (TPSA) is 196 Å². The molecular weight excluding hydrogens is 823 g/mol. The van der Waals surface area contributed by atoms with Gasteiger partial charge in [-0.1, -0.05) is 43.2 Å². The van der Waals surface area contributed by atoms with Crippen LogP contribution >= 0.6 is 11.3 Å². The van der Waals surface area contributed by atoms with Gasteiger partial charge in [0.25, 0.3) is 0 Å². The molecular formula is C45H41N3O13S. The number of hydrogen-bond donors (Lipinski definition) is 1. The lowest BCUT2D eigenvalue weighted by atomic mass is 10.2. The van der Waals surface area contributed by atoms with Gasteiger partial charge in [-0.3, -0.25) is 5.43 Å². The number of para-hydroxylation sites is 1. The third-order valence-corrected chi connectivity index (χ3v) is 9.05. The van der Waals surface area contributed by atoms with E-state index in [-0.39, 0.29) is 54.8 Å².